The molecule has 9 nitrogen and oxygen atoms in total. The molecule has 2 saturated heterocycles. The summed E-state index contributed by atoms with van der Waals surface area (Å²) in [5.41, 5.74) is -1.72. The van der Waals surface area contributed by atoms with Crippen LogP contribution in [0.25, 0.3) is 0 Å². The van der Waals surface area contributed by atoms with Gasteiger partial charge in [-0.1, -0.05) is 39.0 Å². The third-order valence-corrected chi connectivity index (χ3v) is 10.9. The van der Waals surface area contributed by atoms with E-state index in [0.717, 1.165) is 6.07 Å². The smallest absolute Gasteiger partial charge is 0.341 e. The molecule has 0 spiro atoms. The van der Waals surface area contributed by atoms with E-state index in [1.54, 1.807) is 15.9 Å². The standard InChI is InChI=1S/C29H36F3N3O6S2/c1-28(2,3)19-26(36)35-15-7-10-24(35)27(37)34-16-13-20(14-17-34)33-43(40,41)25-18-22(11-12-23(25)29(30,31)32)42(38,39)21-8-5-4-6-9-21/h4-6,8-9,11-12,18,20,24,33H,7,10,13-17,19H2,1-3H3/t24-/m0/s1. The molecule has 1 atom stereocenters. The van der Waals surface area contributed by atoms with Crippen molar-refractivity contribution in [2.75, 3.05) is 19.6 Å². The number of halogens is 3. The van der Waals surface area contributed by atoms with Crippen LogP contribution >= 0.6 is 0 Å². The molecule has 2 aromatic carbocycles. The van der Waals surface area contributed by atoms with Gasteiger partial charge in [0.25, 0.3) is 0 Å². The van der Waals surface area contributed by atoms with Crippen LogP contribution in [0.15, 0.2) is 63.2 Å². The Labute approximate surface area is 250 Å². The zero-order valence-electron chi connectivity index (χ0n) is 24.2. The maximum absolute atomic E-state index is 13.9. The molecule has 4 rings (SSSR count). The number of sulfone groups is 1. The molecule has 43 heavy (non-hydrogen) atoms. The lowest BCUT2D eigenvalue weighted by atomic mass is 9.91. The number of sulfonamides is 1. The summed E-state index contributed by atoms with van der Waals surface area (Å²) in [5.74, 6) is -0.317. The second kappa shape index (κ2) is 12.2. The molecule has 0 saturated carbocycles. The van der Waals surface area contributed by atoms with Crippen molar-refractivity contribution in [3.8, 4) is 0 Å². The average molecular weight is 644 g/mol. The Morgan fingerprint density at radius 1 is 0.884 bits per heavy atom. The van der Waals surface area contributed by atoms with Crippen LogP contribution < -0.4 is 4.72 Å². The van der Waals surface area contributed by atoms with Gasteiger partial charge in [0.15, 0.2) is 0 Å². The Kier molecular flexibility index (Phi) is 9.34. The van der Waals surface area contributed by atoms with Crippen molar-refractivity contribution in [3.63, 3.8) is 0 Å². The van der Waals surface area contributed by atoms with Crippen LogP contribution in [0.4, 0.5) is 13.2 Å². The van der Waals surface area contributed by atoms with Crippen LogP contribution in [0.1, 0.15) is 58.4 Å². The highest BCUT2D eigenvalue weighted by atomic mass is 32.2. The SMILES string of the molecule is CC(C)(C)CC(=O)N1CCC[C@H]1C(=O)N1CCC(NS(=O)(=O)c2cc(S(=O)(=O)c3ccccc3)ccc2C(F)(F)F)CC1. The lowest BCUT2D eigenvalue weighted by Crippen LogP contribution is -2.52. The van der Waals surface area contributed by atoms with Crippen LogP contribution in [-0.2, 0) is 35.6 Å². The van der Waals surface area contributed by atoms with Crippen molar-refractivity contribution in [1.29, 1.82) is 0 Å². The van der Waals surface area contributed by atoms with Crippen molar-refractivity contribution in [3.05, 3.63) is 54.1 Å². The molecule has 236 valence electrons. The Balaban J connectivity index is 1.49. The molecular weight excluding hydrogens is 607 g/mol. The first-order valence-electron chi connectivity index (χ1n) is 14.0. The van der Waals surface area contributed by atoms with Crippen molar-refractivity contribution >= 4 is 31.7 Å². The van der Waals surface area contributed by atoms with Crippen molar-refractivity contribution in [2.24, 2.45) is 5.41 Å². The van der Waals surface area contributed by atoms with E-state index in [0.29, 0.717) is 37.9 Å². The summed E-state index contributed by atoms with van der Waals surface area (Å²) < 4.78 is 96.6. The molecule has 0 aromatic heterocycles. The lowest BCUT2D eigenvalue weighted by molar-refractivity contribution is -0.145. The molecule has 2 aliphatic heterocycles. The van der Waals surface area contributed by atoms with Gasteiger partial charge < -0.3 is 9.80 Å². The topological polar surface area (TPSA) is 121 Å². The number of carbonyl (C=O) groups is 2. The van der Waals surface area contributed by atoms with Gasteiger partial charge in [0.1, 0.15) is 6.04 Å². The van der Waals surface area contributed by atoms with E-state index >= 15 is 0 Å². The van der Waals surface area contributed by atoms with Gasteiger partial charge in [-0.3, -0.25) is 9.59 Å². The molecule has 0 aliphatic carbocycles. The molecular formula is C29H36F3N3O6S2. The number of hydrogen-bond acceptors (Lipinski definition) is 6. The van der Waals surface area contributed by atoms with Crippen LogP contribution in [0.3, 0.4) is 0 Å². The van der Waals surface area contributed by atoms with E-state index in [1.807, 2.05) is 20.8 Å². The largest absolute Gasteiger partial charge is 0.417 e. The molecule has 2 aromatic rings. The van der Waals surface area contributed by atoms with E-state index in [1.165, 1.54) is 24.3 Å². The van der Waals surface area contributed by atoms with Crippen LogP contribution in [0.2, 0.25) is 0 Å². The first-order chi connectivity index (χ1) is 19.9. The summed E-state index contributed by atoms with van der Waals surface area (Å²) in [5, 5.41) is 0. The van der Waals surface area contributed by atoms with Crippen molar-refractivity contribution in [1.82, 2.24) is 14.5 Å². The number of amides is 2. The number of carbonyl (C=O) groups excluding carboxylic acids is 2. The zero-order valence-corrected chi connectivity index (χ0v) is 25.9. The highest BCUT2D eigenvalue weighted by molar-refractivity contribution is 7.91. The number of nitrogens with one attached hydrogen (secondary N) is 1. The molecule has 14 heteroatoms. The minimum absolute atomic E-state index is 0.0945. The number of hydrogen-bond donors (Lipinski definition) is 1. The van der Waals surface area contributed by atoms with Gasteiger partial charge >= 0.3 is 6.18 Å². The summed E-state index contributed by atoms with van der Waals surface area (Å²) in [4.78, 5) is 27.3. The first-order valence-corrected chi connectivity index (χ1v) is 17.0. The number of piperidine rings is 1. The monoisotopic (exact) mass is 643 g/mol. The van der Waals surface area contributed by atoms with Crippen LogP contribution in [0, 0.1) is 5.41 Å². The van der Waals surface area contributed by atoms with E-state index in [2.05, 4.69) is 4.72 Å². The molecule has 2 heterocycles. The summed E-state index contributed by atoms with van der Waals surface area (Å²) in [7, 11) is -9.12. The molecule has 0 unspecified atom stereocenters. The zero-order chi connectivity index (χ0) is 31.8. The summed E-state index contributed by atoms with van der Waals surface area (Å²) in [6.07, 6.45) is -3.26. The summed E-state index contributed by atoms with van der Waals surface area (Å²) in [6.45, 7) is 6.62. The lowest BCUT2D eigenvalue weighted by Gasteiger charge is -2.36. The quantitative estimate of drug-likeness (QED) is 0.482. The van der Waals surface area contributed by atoms with Gasteiger partial charge in [0.05, 0.1) is 20.2 Å². The number of likely N-dealkylation sites (tertiary alicyclic amines) is 2. The minimum Gasteiger partial charge on any atom is -0.341 e. The first kappa shape index (κ1) is 32.9. The second-order valence-corrected chi connectivity index (χ2v) is 15.8. The maximum Gasteiger partial charge on any atom is 0.417 e. The van der Waals surface area contributed by atoms with Crippen LogP contribution in [0.5, 0.6) is 0 Å². The van der Waals surface area contributed by atoms with Gasteiger partial charge in [-0.15, -0.1) is 0 Å². The molecule has 0 radical (unpaired) electrons. The Morgan fingerprint density at radius 2 is 1.51 bits per heavy atom. The Morgan fingerprint density at radius 3 is 2.09 bits per heavy atom. The molecule has 2 amide bonds. The van der Waals surface area contributed by atoms with Crippen molar-refractivity contribution in [2.45, 2.75) is 85.8 Å². The molecule has 0 bridgehead atoms. The minimum atomic E-state index is -5.06. The third kappa shape index (κ3) is 7.58. The molecule has 2 aliphatic rings. The van der Waals surface area contributed by atoms with Gasteiger partial charge in [-0.05, 0) is 61.4 Å². The number of benzene rings is 2. The third-order valence-electron chi connectivity index (χ3n) is 7.58. The fourth-order valence-electron chi connectivity index (χ4n) is 5.45. The fraction of sp³-hybridized carbons (Fsp3) is 0.517. The summed E-state index contributed by atoms with van der Waals surface area (Å²) >= 11 is 0. The number of rotatable bonds is 7. The Hall–Kier alpha value is -2.97. The highest BCUT2D eigenvalue weighted by Crippen LogP contribution is 2.37. The fourth-order valence-corrected chi connectivity index (χ4v) is 8.39. The normalized spacial score (nSPS) is 19.1. The molecule has 2 fully saturated rings. The van der Waals surface area contributed by atoms with Gasteiger partial charge in [0.2, 0.25) is 31.7 Å². The van der Waals surface area contributed by atoms with Crippen LogP contribution in [-0.4, -0.2) is 70.2 Å². The highest BCUT2D eigenvalue weighted by Gasteiger charge is 2.41. The summed E-state index contributed by atoms with van der Waals surface area (Å²) in [6, 6.07) is 7.35. The predicted octanol–water partition coefficient (Wildman–Crippen LogP) is 4.23. The molecule has 1 N–H and O–H groups in total. The van der Waals surface area contributed by atoms with Gasteiger partial charge in [-0.25, -0.2) is 21.6 Å². The van der Waals surface area contributed by atoms with E-state index in [-0.39, 0.29) is 48.1 Å². The average Bonchev–Trinajstić information content (AvgIpc) is 3.42. The van der Waals surface area contributed by atoms with Gasteiger partial charge in [0, 0.05) is 32.1 Å². The Bertz CT molecular complexity index is 1560. The van der Waals surface area contributed by atoms with E-state index < -0.39 is 53.5 Å². The maximum atomic E-state index is 13.9. The number of nitrogens with zero attached hydrogens (tertiary/aromatic N) is 2. The second-order valence-electron chi connectivity index (χ2n) is 12.2. The van der Waals surface area contributed by atoms with E-state index in [9.17, 15) is 39.6 Å². The van der Waals surface area contributed by atoms with Crippen molar-refractivity contribution < 1.29 is 39.6 Å². The van der Waals surface area contributed by atoms with E-state index in [4.69, 9.17) is 0 Å². The number of alkyl halides is 3. The predicted molar refractivity (Wildman–Crippen MR) is 152 cm³/mol. The van der Waals surface area contributed by atoms with Gasteiger partial charge in [-0.2, -0.15) is 13.2 Å².